The minimum Gasteiger partial charge on any atom is -0.330 e. The maximum absolute atomic E-state index is 12.8. The minimum atomic E-state index is -3.51. The molecule has 2 rings (SSSR count). The number of nitrogens with zero attached hydrogens (tertiary/aromatic N) is 1. The molecule has 2 N–H and O–H groups in total. The fourth-order valence-corrected chi connectivity index (χ4v) is 3.66. The predicted molar refractivity (Wildman–Crippen MR) is 96.1 cm³/mol. The van der Waals surface area contributed by atoms with Crippen LogP contribution in [0.5, 0.6) is 0 Å². The highest BCUT2D eigenvalue weighted by Gasteiger charge is 2.23. The normalized spacial score (nSPS) is 11.3. The van der Waals surface area contributed by atoms with Crippen LogP contribution in [0.25, 0.3) is 0 Å². The Bertz CT molecular complexity index is 688. The van der Waals surface area contributed by atoms with Crippen LogP contribution in [0.2, 0.25) is 0 Å². The van der Waals surface area contributed by atoms with Crippen LogP contribution in [0.4, 0.5) is 0 Å². The zero-order valence-corrected chi connectivity index (χ0v) is 14.8. The number of hydrogen-bond donors (Lipinski definition) is 1. The summed E-state index contributed by atoms with van der Waals surface area (Å²) in [5.41, 5.74) is 7.56. The smallest absolute Gasteiger partial charge is 0.243 e. The molecule has 2 aromatic carbocycles. The molecule has 2 aromatic rings. The molecule has 0 aliphatic heterocycles. The third-order valence-electron chi connectivity index (χ3n) is 3.47. The molecule has 0 amide bonds. The van der Waals surface area contributed by atoms with E-state index in [2.05, 4.69) is 0 Å². The molecule has 4 nitrogen and oxygen atoms in total. The molecule has 0 unspecified atom stereocenters. The molecule has 0 saturated heterocycles. The van der Waals surface area contributed by atoms with Gasteiger partial charge in [0.1, 0.15) is 0 Å². The Kier molecular flexibility index (Phi) is 7.72. The molecule has 6 heteroatoms. The lowest BCUT2D eigenvalue weighted by molar-refractivity contribution is 0.402. The second kappa shape index (κ2) is 9.03. The molecule has 0 spiro atoms. The maximum atomic E-state index is 12.8. The molecule has 0 aromatic heterocycles. The van der Waals surface area contributed by atoms with Gasteiger partial charge in [0, 0.05) is 13.1 Å². The van der Waals surface area contributed by atoms with Gasteiger partial charge in [0.25, 0.3) is 0 Å². The number of aryl methyl sites for hydroxylation is 1. The summed E-state index contributed by atoms with van der Waals surface area (Å²) in [6.45, 7) is 3.18. The van der Waals surface area contributed by atoms with E-state index in [-0.39, 0.29) is 12.4 Å². The van der Waals surface area contributed by atoms with Crippen molar-refractivity contribution in [2.45, 2.75) is 24.8 Å². The van der Waals surface area contributed by atoms with Gasteiger partial charge in [-0.3, -0.25) is 0 Å². The highest BCUT2D eigenvalue weighted by molar-refractivity contribution is 7.89. The van der Waals surface area contributed by atoms with E-state index in [0.29, 0.717) is 31.0 Å². The van der Waals surface area contributed by atoms with Gasteiger partial charge in [0.15, 0.2) is 0 Å². The van der Waals surface area contributed by atoms with Crippen molar-refractivity contribution >= 4 is 22.4 Å². The second-order valence-electron chi connectivity index (χ2n) is 5.28. The Labute approximate surface area is 144 Å². The van der Waals surface area contributed by atoms with Crippen molar-refractivity contribution < 1.29 is 8.42 Å². The fraction of sp³-hybridized carbons (Fsp3) is 0.294. The first-order chi connectivity index (χ1) is 10.5. The van der Waals surface area contributed by atoms with E-state index >= 15 is 0 Å². The van der Waals surface area contributed by atoms with E-state index in [0.717, 1.165) is 11.1 Å². The summed E-state index contributed by atoms with van der Waals surface area (Å²) in [5.74, 6) is 0. The molecule has 0 radical (unpaired) electrons. The van der Waals surface area contributed by atoms with Gasteiger partial charge >= 0.3 is 0 Å². The van der Waals surface area contributed by atoms with Crippen LogP contribution in [0.15, 0.2) is 59.5 Å². The van der Waals surface area contributed by atoms with Crippen LogP contribution in [-0.4, -0.2) is 25.8 Å². The summed E-state index contributed by atoms with van der Waals surface area (Å²) >= 11 is 0. The molecule has 0 saturated carbocycles. The Morgan fingerprint density at radius 2 is 1.61 bits per heavy atom. The van der Waals surface area contributed by atoms with E-state index in [1.165, 1.54) is 4.31 Å². The first kappa shape index (κ1) is 19.6. The maximum Gasteiger partial charge on any atom is 0.243 e. The van der Waals surface area contributed by atoms with E-state index in [1.54, 1.807) is 12.1 Å². The van der Waals surface area contributed by atoms with E-state index in [9.17, 15) is 8.42 Å². The van der Waals surface area contributed by atoms with Gasteiger partial charge in [-0.1, -0.05) is 48.0 Å². The Balaban J connectivity index is 0.00000264. The molecule has 0 bridgehead atoms. The standard InChI is InChI=1S/C17H22N2O2S.ClH/c1-15-8-10-17(11-9-15)22(20,21)19(13-5-12-18)14-16-6-3-2-4-7-16;/h2-4,6-11H,5,12-14,18H2,1H3;1H. The van der Waals surface area contributed by atoms with Gasteiger partial charge in [-0.25, -0.2) is 8.42 Å². The minimum absolute atomic E-state index is 0. The lowest BCUT2D eigenvalue weighted by Crippen LogP contribution is -2.32. The quantitative estimate of drug-likeness (QED) is 0.831. The molecule has 0 atom stereocenters. The van der Waals surface area contributed by atoms with Crippen molar-refractivity contribution in [3.63, 3.8) is 0 Å². The van der Waals surface area contributed by atoms with Gasteiger partial charge in [-0.15, -0.1) is 12.4 Å². The van der Waals surface area contributed by atoms with Gasteiger partial charge in [0.2, 0.25) is 10.0 Å². The van der Waals surface area contributed by atoms with E-state index < -0.39 is 10.0 Å². The largest absolute Gasteiger partial charge is 0.330 e. The number of hydrogen-bond acceptors (Lipinski definition) is 3. The van der Waals surface area contributed by atoms with Crippen LogP contribution < -0.4 is 5.73 Å². The highest BCUT2D eigenvalue weighted by atomic mass is 35.5. The Hall–Kier alpha value is -1.40. The van der Waals surface area contributed by atoms with Crippen molar-refractivity contribution in [1.29, 1.82) is 0 Å². The molecule has 126 valence electrons. The average molecular weight is 355 g/mol. The summed E-state index contributed by atoms with van der Waals surface area (Å²) < 4.78 is 27.2. The van der Waals surface area contributed by atoms with Crippen LogP contribution >= 0.6 is 12.4 Å². The predicted octanol–water partition coefficient (Wildman–Crippen LogP) is 2.96. The van der Waals surface area contributed by atoms with Gasteiger partial charge in [0.05, 0.1) is 4.90 Å². The Morgan fingerprint density at radius 3 is 2.17 bits per heavy atom. The van der Waals surface area contributed by atoms with Crippen LogP contribution in [0, 0.1) is 6.92 Å². The van der Waals surface area contributed by atoms with Crippen molar-refractivity contribution in [3.8, 4) is 0 Å². The third kappa shape index (κ3) is 5.32. The van der Waals surface area contributed by atoms with Crippen LogP contribution in [0.3, 0.4) is 0 Å². The van der Waals surface area contributed by atoms with Crippen LogP contribution in [-0.2, 0) is 16.6 Å². The lowest BCUT2D eigenvalue weighted by atomic mass is 10.2. The van der Waals surface area contributed by atoms with E-state index in [1.807, 2.05) is 49.4 Å². The number of rotatable bonds is 7. The number of benzene rings is 2. The molecule has 0 heterocycles. The molecular formula is C17H23ClN2O2S. The summed E-state index contributed by atoms with van der Waals surface area (Å²) in [7, 11) is -3.51. The number of halogens is 1. The SMILES string of the molecule is Cc1ccc(S(=O)(=O)N(CCCN)Cc2ccccc2)cc1.Cl. The summed E-state index contributed by atoms with van der Waals surface area (Å²) in [4.78, 5) is 0.325. The van der Waals surface area contributed by atoms with Crippen molar-refractivity contribution in [2.75, 3.05) is 13.1 Å². The molecular weight excluding hydrogens is 332 g/mol. The topological polar surface area (TPSA) is 63.4 Å². The van der Waals surface area contributed by atoms with E-state index in [4.69, 9.17) is 5.73 Å². The zero-order valence-electron chi connectivity index (χ0n) is 13.2. The highest BCUT2D eigenvalue weighted by Crippen LogP contribution is 2.19. The second-order valence-corrected chi connectivity index (χ2v) is 7.22. The third-order valence-corrected chi connectivity index (χ3v) is 5.33. The van der Waals surface area contributed by atoms with Gasteiger partial charge < -0.3 is 5.73 Å². The number of nitrogens with two attached hydrogens (primary N) is 1. The lowest BCUT2D eigenvalue weighted by Gasteiger charge is -2.22. The first-order valence-corrected chi connectivity index (χ1v) is 8.79. The monoisotopic (exact) mass is 354 g/mol. The summed E-state index contributed by atoms with van der Waals surface area (Å²) in [5, 5.41) is 0. The van der Waals surface area contributed by atoms with Gasteiger partial charge in [-0.05, 0) is 37.6 Å². The van der Waals surface area contributed by atoms with Crippen molar-refractivity contribution in [3.05, 3.63) is 65.7 Å². The van der Waals surface area contributed by atoms with Crippen molar-refractivity contribution in [1.82, 2.24) is 4.31 Å². The average Bonchev–Trinajstić information content (AvgIpc) is 2.52. The van der Waals surface area contributed by atoms with Gasteiger partial charge in [-0.2, -0.15) is 4.31 Å². The molecule has 0 aliphatic carbocycles. The first-order valence-electron chi connectivity index (χ1n) is 7.35. The zero-order chi connectivity index (χ0) is 16.0. The van der Waals surface area contributed by atoms with Crippen LogP contribution in [0.1, 0.15) is 17.5 Å². The summed E-state index contributed by atoms with van der Waals surface area (Å²) in [6.07, 6.45) is 0.637. The molecule has 0 fully saturated rings. The van der Waals surface area contributed by atoms with Crippen molar-refractivity contribution in [2.24, 2.45) is 5.73 Å². The Morgan fingerprint density at radius 1 is 1.00 bits per heavy atom. The molecule has 23 heavy (non-hydrogen) atoms. The fourth-order valence-electron chi connectivity index (χ4n) is 2.20. The molecule has 0 aliphatic rings. The number of sulfonamides is 1. The summed E-state index contributed by atoms with van der Waals surface area (Å²) in [6, 6.07) is 16.6.